The molecule has 0 atom stereocenters. The summed E-state index contributed by atoms with van der Waals surface area (Å²) in [6.07, 6.45) is 6.90. The van der Waals surface area contributed by atoms with Gasteiger partial charge in [-0.25, -0.2) is 4.98 Å². The van der Waals surface area contributed by atoms with Crippen LogP contribution in [0.1, 0.15) is 23.2 Å². The molecule has 0 N–H and O–H groups in total. The number of benzene rings is 1. The number of fused-ring (bicyclic) bond motifs is 1. The Kier molecular flexibility index (Phi) is 4.68. The molecule has 3 rings (SSSR count). The van der Waals surface area contributed by atoms with Crippen molar-refractivity contribution in [1.82, 2.24) is 9.55 Å². The molecule has 24 heavy (non-hydrogen) atoms. The van der Waals surface area contributed by atoms with Gasteiger partial charge in [-0.05, 0) is 30.2 Å². The SMILES string of the molecule is C#CCn1c(Cc2ccc(OC)cc2)nc2sc(CC)cc2c1=O. The number of aryl methyl sites for hydroxylation is 1. The first-order valence-electron chi connectivity index (χ1n) is 7.74. The molecule has 3 aromatic rings. The van der Waals surface area contributed by atoms with E-state index < -0.39 is 0 Å². The molecule has 2 aromatic heterocycles. The smallest absolute Gasteiger partial charge is 0.263 e. The monoisotopic (exact) mass is 338 g/mol. The second kappa shape index (κ2) is 6.90. The largest absolute Gasteiger partial charge is 0.497 e. The fourth-order valence-electron chi connectivity index (χ4n) is 2.60. The Labute approximate surface area is 144 Å². The van der Waals surface area contributed by atoms with Gasteiger partial charge in [-0.1, -0.05) is 25.0 Å². The summed E-state index contributed by atoms with van der Waals surface area (Å²) in [6.45, 7) is 2.30. The van der Waals surface area contributed by atoms with Crippen molar-refractivity contribution in [2.45, 2.75) is 26.3 Å². The van der Waals surface area contributed by atoms with E-state index in [0.717, 1.165) is 27.4 Å². The number of terminal acetylenes is 1. The van der Waals surface area contributed by atoms with E-state index in [4.69, 9.17) is 16.1 Å². The van der Waals surface area contributed by atoms with Crippen molar-refractivity contribution in [1.29, 1.82) is 0 Å². The molecule has 0 aliphatic carbocycles. The second-order valence-electron chi connectivity index (χ2n) is 5.43. The average Bonchev–Trinajstić information content (AvgIpc) is 3.02. The molecule has 0 aliphatic heterocycles. The first-order valence-corrected chi connectivity index (χ1v) is 8.56. The molecule has 4 nitrogen and oxygen atoms in total. The highest BCUT2D eigenvalue weighted by Gasteiger charge is 2.13. The highest BCUT2D eigenvalue weighted by atomic mass is 32.1. The molecular formula is C19H18N2O2S. The molecule has 0 amide bonds. The van der Waals surface area contributed by atoms with Crippen molar-refractivity contribution in [2.75, 3.05) is 7.11 Å². The number of methoxy groups -OCH3 is 1. The van der Waals surface area contributed by atoms with Crippen LogP contribution in [0.15, 0.2) is 35.1 Å². The molecule has 0 radical (unpaired) electrons. The molecule has 1 aromatic carbocycles. The third-order valence-corrected chi connectivity index (χ3v) is 5.07. The third kappa shape index (κ3) is 3.06. The van der Waals surface area contributed by atoms with E-state index in [1.54, 1.807) is 23.0 Å². The van der Waals surface area contributed by atoms with E-state index in [1.807, 2.05) is 30.3 Å². The molecule has 0 spiro atoms. The lowest BCUT2D eigenvalue weighted by molar-refractivity contribution is 0.414. The maximum absolute atomic E-state index is 12.8. The first kappa shape index (κ1) is 16.3. The fraction of sp³-hybridized carbons (Fsp3) is 0.263. The minimum Gasteiger partial charge on any atom is -0.497 e. The molecule has 0 fully saturated rings. The highest BCUT2D eigenvalue weighted by molar-refractivity contribution is 7.18. The van der Waals surface area contributed by atoms with E-state index in [9.17, 15) is 4.79 Å². The molecule has 0 aliphatic rings. The van der Waals surface area contributed by atoms with Gasteiger partial charge >= 0.3 is 0 Å². The van der Waals surface area contributed by atoms with Crippen LogP contribution in [0.25, 0.3) is 10.2 Å². The van der Waals surface area contributed by atoms with Crippen molar-refractivity contribution in [3.8, 4) is 18.1 Å². The van der Waals surface area contributed by atoms with Crippen LogP contribution in [0.3, 0.4) is 0 Å². The summed E-state index contributed by atoms with van der Waals surface area (Å²) in [5.41, 5.74) is 0.998. The van der Waals surface area contributed by atoms with Gasteiger partial charge in [0.05, 0.1) is 19.0 Å². The Morgan fingerprint density at radius 3 is 2.71 bits per heavy atom. The number of hydrogen-bond donors (Lipinski definition) is 0. The van der Waals surface area contributed by atoms with Gasteiger partial charge in [0.25, 0.3) is 5.56 Å². The highest BCUT2D eigenvalue weighted by Crippen LogP contribution is 2.23. The summed E-state index contributed by atoms with van der Waals surface area (Å²) in [4.78, 5) is 19.4. The predicted molar refractivity (Wildman–Crippen MR) is 97.9 cm³/mol. The summed E-state index contributed by atoms with van der Waals surface area (Å²) in [5.74, 6) is 4.06. The third-order valence-electron chi connectivity index (χ3n) is 3.90. The molecule has 0 saturated carbocycles. The Bertz CT molecular complexity index is 962. The van der Waals surface area contributed by atoms with Crippen LogP contribution in [-0.4, -0.2) is 16.7 Å². The Hall–Kier alpha value is -2.58. The number of ether oxygens (including phenoxy) is 1. The van der Waals surface area contributed by atoms with Gasteiger partial charge in [-0.3, -0.25) is 9.36 Å². The average molecular weight is 338 g/mol. The minimum atomic E-state index is -0.0580. The topological polar surface area (TPSA) is 44.1 Å². The van der Waals surface area contributed by atoms with E-state index >= 15 is 0 Å². The summed E-state index contributed by atoms with van der Waals surface area (Å²) < 4.78 is 6.77. The zero-order valence-electron chi connectivity index (χ0n) is 13.7. The molecule has 0 bridgehead atoms. The number of rotatable bonds is 5. The molecule has 2 heterocycles. The number of nitrogens with zero attached hydrogens (tertiary/aromatic N) is 2. The first-order chi connectivity index (χ1) is 11.7. The van der Waals surface area contributed by atoms with Crippen molar-refractivity contribution >= 4 is 21.6 Å². The summed E-state index contributed by atoms with van der Waals surface area (Å²) >= 11 is 1.57. The van der Waals surface area contributed by atoms with Crippen LogP contribution in [0.4, 0.5) is 0 Å². The van der Waals surface area contributed by atoms with E-state index in [2.05, 4.69) is 12.8 Å². The molecule has 122 valence electrons. The predicted octanol–water partition coefficient (Wildman–Crippen LogP) is 3.25. The molecule has 0 saturated heterocycles. The zero-order valence-corrected chi connectivity index (χ0v) is 14.5. The van der Waals surface area contributed by atoms with Crippen molar-refractivity contribution in [3.05, 3.63) is 57.0 Å². The zero-order chi connectivity index (χ0) is 17.1. The van der Waals surface area contributed by atoms with E-state index in [1.165, 1.54) is 0 Å². The summed E-state index contributed by atoms with van der Waals surface area (Å²) in [5, 5.41) is 0.658. The van der Waals surface area contributed by atoms with Crippen LogP contribution in [0.2, 0.25) is 0 Å². The van der Waals surface area contributed by atoms with Crippen LogP contribution >= 0.6 is 11.3 Å². The lowest BCUT2D eigenvalue weighted by atomic mass is 10.1. The molecule has 5 heteroatoms. The number of thiophene rings is 1. The second-order valence-corrected chi connectivity index (χ2v) is 6.55. The standard InChI is InChI=1S/C19H18N2O2S/c1-4-10-21-17(11-13-6-8-14(23-3)9-7-13)20-18-16(19(21)22)12-15(5-2)24-18/h1,6-9,12H,5,10-11H2,2-3H3. The van der Waals surface area contributed by atoms with Crippen molar-refractivity contribution in [3.63, 3.8) is 0 Å². The Morgan fingerprint density at radius 2 is 2.08 bits per heavy atom. The molecular weight excluding hydrogens is 320 g/mol. The van der Waals surface area contributed by atoms with Gasteiger partial charge in [-0.2, -0.15) is 0 Å². The van der Waals surface area contributed by atoms with Gasteiger partial charge in [0.1, 0.15) is 16.4 Å². The number of aromatic nitrogens is 2. The van der Waals surface area contributed by atoms with Crippen molar-refractivity contribution in [2.24, 2.45) is 0 Å². The number of hydrogen-bond acceptors (Lipinski definition) is 4. The van der Waals surface area contributed by atoms with E-state index in [0.29, 0.717) is 17.6 Å². The summed E-state index contributed by atoms with van der Waals surface area (Å²) in [7, 11) is 1.64. The Balaban J connectivity index is 2.08. The van der Waals surface area contributed by atoms with Crippen molar-refractivity contribution < 1.29 is 4.74 Å². The van der Waals surface area contributed by atoms with Gasteiger partial charge in [0.15, 0.2) is 0 Å². The van der Waals surface area contributed by atoms with Crippen LogP contribution < -0.4 is 10.3 Å². The maximum Gasteiger partial charge on any atom is 0.263 e. The Morgan fingerprint density at radius 1 is 1.33 bits per heavy atom. The normalized spacial score (nSPS) is 10.7. The minimum absolute atomic E-state index is 0.0580. The van der Waals surface area contributed by atoms with Crippen LogP contribution in [-0.2, 0) is 19.4 Å². The summed E-state index contributed by atoms with van der Waals surface area (Å²) in [6, 6.07) is 9.68. The van der Waals surface area contributed by atoms with Crippen LogP contribution in [0, 0.1) is 12.3 Å². The van der Waals surface area contributed by atoms with Gasteiger partial charge in [0, 0.05) is 11.3 Å². The van der Waals surface area contributed by atoms with Gasteiger partial charge < -0.3 is 4.74 Å². The van der Waals surface area contributed by atoms with Crippen LogP contribution in [0.5, 0.6) is 5.75 Å². The molecule has 0 unspecified atom stereocenters. The lowest BCUT2D eigenvalue weighted by Crippen LogP contribution is -2.24. The lowest BCUT2D eigenvalue weighted by Gasteiger charge is -2.10. The quantitative estimate of drug-likeness (QED) is 0.671. The van der Waals surface area contributed by atoms with E-state index in [-0.39, 0.29) is 12.1 Å². The van der Waals surface area contributed by atoms with Gasteiger partial charge in [-0.15, -0.1) is 17.8 Å². The van der Waals surface area contributed by atoms with Gasteiger partial charge in [0.2, 0.25) is 0 Å². The fourth-order valence-corrected chi connectivity index (χ4v) is 3.57. The maximum atomic E-state index is 12.8.